The Kier molecular flexibility index (Phi) is 6.66. The van der Waals surface area contributed by atoms with E-state index in [1.165, 1.54) is 16.9 Å². The maximum absolute atomic E-state index is 13.4. The Bertz CT molecular complexity index is 1390. The van der Waals surface area contributed by atoms with E-state index in [2.05, 4.69) is 27.0 Å². The van der Waals surface area contributed by atoms with Gasteiger partial charge in [0.05, 0.1) is 17.4 Å². The van der Waals surface area contributed by atoms with Gasteiger partial charge in [-0.1, -0.05) is 42.5 Å². The van der Waals surface area contributed by atoms with Crippen LogP contribution < -0.4 is 10.3 Å². The van der Waals surface area contributed by atoms with Crippen molar-refractivity contribution in [3.63, 3.8) is 0 Å². The molecule has 1 aliphatic rings. The Morgan fingerprint density at radius 1 is 1.03 bits per heavy atom. The van der Waals surface area contributed by atoms with E-state index in [0.29, 0.717) is 40.4 Å². The molecular formula is C27H28N4O3S. The molecule has 0 atom stereocenters. The molecule has 1 amide bonds. The monoisotopic (exact) mass is 488 g/mol. The number of aryl methyl sites for hydroxylation is 1. The van der Waals surface area contributed by atoms with E-state index in [4.69, 9.17) is 4.74 Å². The molecule has 2 aromatic carbocycles. The lowest BCUT2D eigenvalue weighted by atomic mass is 10.1. The van der Waals surface area contributed by atoms with Crippen molar-refractivity contribution < 1.29 is 9.53 Å². The molecular weight excluding hydrogens is 460 g/mol. The average Bonchev–Trinajstić information content (AvgIpc) is 3.21. The molecule has 8 heteroatoms. The van der Waals surface area contributed by atoms with E-state index in [1.807, 2.05) is 54.3 Å². The van der Waals surface area contributed by atoms with Crippen LogP contribution >= 0.6 is 11.3 Å². The molecule has 180 valence electrons. The molecule has 5 rings (SSSR count). The summed E-state index contributed by atoms with van der Waals surface area (Å²) in [4.78, 5) is 39.3. The molecule has 1 N–H and O–H groups in total. The molecule has 0 aliphatic carbocycles. The first-order valence-corrected chi connectivity index (χ1v) is 12.5. The van der Waals surface area contributed by atoms with Crippen LogP contribution in [0.4, 0.5) is 0 Å². The molecule has 3 heterocycles. The van der Waals surface area contributed by atoms with Crippen molar-refractivity contribution in [1.82, 2.24) is 19.8 Å². The Morgan fingerprint density at radius 3 is 2.43 bits per heavy atom. The van der Waals surface area contributed by atoms with E-state index >= 15 is 0 Å². The zero-order valence-electron chi connectivity index (χ0n) is 19.9. The third kappa shape index (κ3) is 4.99. The van der Waals surface area contributed by atoms with Crippen LogP contribution in [0.2, 0.25) is 0 Å². The minimum absolute atomic E-state index is 0.0152. The predicted octanol–water partition coefficient (Wildman–Crippen LogP) is 3.85. The SMILES string of the molecule is COc1ccc(CN2CCN(C(=O)c3sc4nc(Cc5ccccc5)[nH]c(=O)c4c3C)CC2)cc1. The quantitative estimate of drug-likeness (QED) is 0.446. The number of aromatic amines is 1. The van der Waals surface area contributed by atoms with Crippen molar-refractivity contribution in [2.45, 2.75) is 19.9 Å². The number of rotatable bonds is 6. The summed E-state index contributed by atoms with van der Waals surface area (Å²) in [6, 6.07) is 18.0. The minimum atomic E-state index is -0.182. The summed E-state index contributed by atoms with van der Waals surface area (Å²) in [6.07, 6.45) is 0.544. The normalized spacial score (nSPS) is 14.4. The molecule has 0 saturated carbocycles. The number of amides is 1. The predicted molar refractivity (Wildman–Crippen MR) is 138 cm³/mol. The van der Waals surface area contributed by atoms with Crippen LogP contribution in [0.25, 0.3) is 10.2 Å². The highest BCUT2D eigenvalue weighted by Crippen LogP contribution is 2.29. The van der Waals surface area contributed by atoms with Crippen LogP contribution in [0.3, 0.4) is 0 Å². The number of carbonyl (C=O) groups is 1. The number of hydrogen-bond acceptors (Lipinski definition) is 6. The number of nitrogens with zero attached hydrogens (tertiary/aromatic N) is 3. The van der Waals surface area contributed by atoms with Gasteiger partial charge in [0.15, 0.2) is 0 Å². The van der Waals surface area contributed by atoms with Gasteiger partial charge in [0.2, 0.25) is 0 Å². The number of piperazine rings is 1. The van der Waals surface area contributed by atoms with Gasteiger partial charge in [-0.25, -0.2) is 4.98 Å². The molecule has 1 fully saturated rings. The number of nitrogens with one attached hydrogen (secondary N) is 1. The first-order valence-electron chi connectivity index (χ1n) is 11.7. The third-order valence-electron chi connectivity index (χ3n) is 6.48. The number of methoxy groups -OCH3 is 1. The lowest BCUT2D eigenvalue weighted by Gasteiger charge is -2.34. The number of benzene rings is 2. The maximum atomic E-state index is 13.4. The largest absolute Gasteiger partial charge is 0.497 e. The Morgan fingerprint density at radius 2 is 1.74 bits per heavy atom. The molecule has 7 nitrogen and oxygen atoms in total. The van der Waals surface area contributed by atoms with Crippen LogP contribution in [-0.2, 0) is 13.0 Å². The van der Waals surface area contributed by atoms with E-state index in [1.54, 1.807) is 7.11 Å². The molecule has 4 aromatic rings. The molecule has 2 aromatic heterocycles. The number of aromatic nitrogens is 2. The van der Waals surface area contributed by atoms with Crippen molar-refractivity contribution in [2.75, 3.05) is 33.3 Å². The van der Waals surface area contributed by atoms with Gasteiger partial charge >= 0.3 is 0 Å². The second kappa shape index (κ2) is 10.0. The zero-order valence-corrected chi connectivity index (χ0v) is 20.7. The van der Waals surface area contributed by atoms with Crippen LogP contribution in [-0.4, -0.2) is 59.0 Å². The van der Waals surface area contributed by atoms with Crippen LogP contribution in [0, 0.1) is 6.92 Å². The second-order valence-corrected chi connectivity index (χ2v) is 9.83. The molecule has 0 radical (unpaired) electrons. The smallest absolute Gasteiger partial charge is 0.264 e. The van der Waals surface area contributed by atoms with Crippen molar-refractivity contribution in [3.05, 3.63) is 92.3 Å². The fourth-order valence-electron chi connectivity index (χ4n) is 4.51. The van der Waals surface area contributed by atoms with E-state index in [-0.39, 0.29) is 11.5 Å². The summed E-state index contributed by atoms with van der Waals surface area (Å²) in [5.41, 5.74) is 2.84. The van der Waals surface area contributed by atoms with Gasteiger partial charge in [-0.2, -0.15) is 0 Å². The molecule has 1 saturated heterocycles. The van der Waals surface area contributed by atoms with Gasteiger partial charge in [-0.05, 0) is 35.7 Å². The fraction of sp³-hybridized carbons (Fsp3) is 0.296. The molecule has 0 unspecified atom stereocenters. The number of thiophene rings is 1. The van der Waals surface area contributed by atoms with Crippen molar-refractivity contribution in [1.29, 1.82) is 0 Å². The fourth-order valence-corrected chi connectivity index (χ4v) is 5.68. The van der Waals surface area contributed by atoms with Gasteiger partial charge < -0.3 is 14.6 Å². The van der Waals surface area contributed by atoms with Crippen molar-refractivity contribution in [3.8, 4) is 5.75 Å². The number of hydrogen-bond donors (Lipinski definition) is 1. The number of fused-ring (bicyclic) bond motifs is 1. The lowest BCUT2D eigenvalue weighted by molar-refractivity contribution is 0.0632. The van der Waals surface area contributed by atoms with Crippen LogP contribution in [0.15, 0.2) is 59.4 Å². The number of ether oxygens (including phenoxy) is 1. The zero-order chi connectivity index (χ0) is 24.4. The van der Waals surface area contributed by atoms with Gasteiger partial charge in [-0.15, -0.1) is 11.3 Å². The highest BCUT2D eigenvalue weighted by molar-refractivity contribution is 7.20. The summed E-state index contributed by atoms with van der Waals surface area (Å²) in [5.74, 6) is 1.45. The molecule has 0 bridgehead atoms. The number of H-pyrrole nitrogens is 1. The van der Waals surface area contributed by atoms with Gasteiger partial charge in [0.25, 0.3) is 11.5 Å². The van der Waals surface area contributed by atoms with Crippen LogP contribution in [0.1, 0.15) is 32.2 Å². The van der Waals surface area contributed by atoms with E-state index < -0.39 is 0 Å². The Labute approximate surface area is 208 Å². The maximum Gasteiger partial charge on any atom is 0.264 e. The summed E-state index contributed by atoms with van der Waals surface area (Å²) >= 11 is 1.32. The first kappa shape index (κ1) is 23.3. The molecule has 0 spiro atoms. The van der Waals surface area contributed by atoms with Gasteiger partial charge in [-0.3, -0.25) is 14.5 Å². The van der Waals surface area contributed by atoms with E-state index in [0.717, 1.165) is 36.5 Å². The standard InChI is InChI=1S/C27H28N4O3S/c1-18-23-25(32)28-22(16-19-6-4-3-5-7-19)29-26(23)35-24(18)27(33)31-14-12-30(13-15-31)17-20-8-10-21(34-2)11-9-20/h3-11H,12-17H2,1-2H3,(H,28,29,32). The Balaban J connectivity index is 1.28. The lowest BCUT2D eigenvalue weighted by Crippen LogP contribution is -2.48. The topological polar surface area (TPSA) is 78.5 Å². The van der Waals surface area contributed by atoms with Crippen LogP contribution in [0.5, 0.6) is 5.75 Å². The minimum Gasteiger partial charge on any atom is -0.497 e. The Hall–Kier alpha value is -3.49. The summed E-state index contributed by atoms with van der Waals surface area (Å²) < 4.78 is 5.23. The summed E-state index contributed by atoms with van der Waals surface area (Å²) in [6.45, 7) is 5.62. The van der Waals surface area contributed by atoms with Crippen molar-refractivity contribution in [2.24, 2.45) is 0 Å². The third-order valence-corrected chi connectivity index (χ3v) is 7.66. The molecule has 1 aliphatic heterocycles. The average molecular weight is 489 g/mol. The molecule has 35 heavy (non-hydrogen) atoms. The number of carbonyl (C=O) groups excluding carboxylic acids is 1. The van der Waals surface area contributed by atoms with Gasteiger partial charge in [0.1, 0.15) is 16.4 Å². The summed E-state index contributed by atoms with van der Waals surface area (Å²) in [5, 5.41) is 0.522. The first-order chi connectivity index (χ1) is 17.0. The highest BCUT2D eigenvalue weighted by atomic mass is 32.1. The highest BCUT2D eigenvalue weighted by Gasteiger charge is 2.26. The van der Waals surface area contributed by atoms with E-state index in [9.17, 15) is 9.59 Å². The second-order valence-electron chi connectivity index (χ2n) is 8.83. The van der Waals surface area contributed by atoms with Crippen molar-refractivity contribution >= 4 is 27.5 Å². The summed E-state index contributed by atoms with van der Waals surface area (Å²) in [7, 11) is 1.67. The van der Waals surface area contributed by atoms with Gasteiger partial charge in [0, 0.05) is 39.1 Å².